The summed E-state index contributed by atoms with van der Waals surface area (Å²) in [6.07, 6.45) is 1.86. The van der Waals surface area contributed by atoms with Crippen molar-refractivity contribution >= 4 is 5.78 Å². The van der Waals surface area contributed by atoms with Crippen molar-refractivity contribution in [1.82, 2.24) is 0 Å². The predicted octanol–water partition coefficient (Wildman–Crippen LogP) is 1.88. The molecule has 2 N–H and O–H groups in total. The van der Waals surface area contributed by atoms with Crippen molar-refractivity contribution in [3.63, 3.8) is 0 Å². The van der Waals surface area contributed by atoms with Gasteiger partial charge in [-0.1, -0.05) is 30.3 Å². The molecular weight excluding hydrogens is 212 g/mol. The maximum atomic E-state index is 11.3. The first kappa shape index (κ1) is 12.3. The molecule has 0 spiro atoms. The number of ketones is 1. The molecule has 3 heteroatoms. The molecule has 3 nitrogen and oxygen atoms in total. The van der Waals surface area contributed by atoms with E-state index in [0.29, 0.717) is 10.4 Å². The summed E-state index contributed by atoms with van der Waals surface area (Å²) in [6, 6.07) is 10.3. The van der Waals surface area contributed by atoms with Crippen LogP contribution < -0.4 is 5.84 Å². The molecule has 1 heterocycles. The fraction of sp³-hybridized carbons (Fsp3) is 0.500. The molecule has 0 atom stereocenters. The van der Waals surface area contributed by atoms with Crippen LogP contribution in [0, 0.1) is 5.92 Å². The van der Waals surface area contributed by atoms with Gasteiger partial charge in [0, 0.05) is 24.3 Å². The smallest absolute Gasteiger partial charge is 0.133 e. The van der Waals surface area contributed by atoms with Crippen molar-refractivity contribution < 1.29 is 9.39 Å². The molecule has 1 aliphatic rings. The molecule has 1 aromatic carbocycles. The van der Waals surface area contributed by atoms with Crippen LogP contribution in [-0.2, 0) is 11.3 Å². The monoisotopic (exact) mass is 233 g/mol. The number of benzene rings is 1. The highest BCUT2D eigenvalue weighted by atomic mass is 16.1. The number of piperidine rings is 1. The Morgan fingerprint density at radius 3 is 2.41 bits per heavy atom. The van der Waals surface area contributed by atoms with Crippen LogP contribution in [0.5, 0.6) is 0 Å². The van der Waals surface area contributed by atoms with Crippen LogP contribution in [0.15, 0.2) is 30.3 Å². The van der Waals surface area contributed by atoms with E-state index in [2.05, 4.69) is 12.1 Å². The number of hydrogen-bond acceptors (Lipinski definition) is 2. The van der Waals surface area contributed by atoms with Gasteiger partial charge in [-0.05, 0) is 6.92 Å². The standard InChI is InChI=1S/C14H21N2O/c1-12(17)14-7-9-16(15,10-8-14)11-13-5-3-2-4-6-13/h2-6,14H,7-11,15H2,1H3/q+1. The number of carbonyl (C=O) groups is 1. The van der Waals surface area contributed by atoms with Crippen molar-refractivity contribution in [3.05, 3.63) is 35.9 Å². The van der Waals surface area contributed by atoms with E-state index in [1.54, 1.807) is 6.92 Å². The van der Waals surface area contributed by atoms with Crippen molar-refractivity contribution in [2.45, 2.75) is 26.3 Å². The van der Waals surface area contributed by atoms with Gasteiger partial charge in [0.1, 0.15) is 12.3 Å². The number of likely N-dealkylation sites (tertiary alicyclic amines) is 1. The fourth-order valence-electron chi connectivity index (χ4n) is 2.59. The Labute approximate surface area is 103 Å². The van der Waals surface area contributed by atoms with E-state index >= 15 is 0 Å². The zero-order valence-corrected chi connectivity index (χ0v) is 10.4. The molecule has 0 unspecified atom stereocenters. The Balaban J connectivity index is 1.96. The first-order valence-corrected chi connectivity index (χ1v) is 6.28. The molecule has 0 radical (unpaired) electrons. The minimum Gasteiger partial charge on any atom is -0.300 e. The maximum Gasteiger partial charge on any atom is 0.133 e. The largest absolute Gasteiger partial charge is 0.300 e. The number of Topliss-reactive ketones (excluding diaryl/α,β-unsaturated/α-hetero) is 1. The predicted molar refractivity (Wildman–Crippen MR) is 67.7 cm³/mol. The highest BCUT2D eigenvalue weighted by Gasteiger charge is 2.33. The van der Waals surface area contributed by atoms with E-state index in [1.807, 2.05) is 18.2 Å². The Morgan fingerprint density at radius 1 is 1.29 bits per heavy atom. The Bertz CT molecular complexity index is 380. The summed E-state index contributed by atoms with van der Waals surface area (Å²) < 4.78 is 0.577. The van der Waals surface area contributed by atoms with Crippen molar-refractivity contribution in [1.29, 1.82) is 0 Å². The Kier molecular flexibility index (Phi) is 3.60. The topological polar surface area (TPSA) is 43.1 Å². The van der Waals surface area contributed by atoms with E-state index in [-0.39, 0.29) is 5.92 Å². The van der Waals surface area contributed by atoms with Crippen LogP contribution in [0.4, 0.5) is 0 Å². The molecule has 0 bridgehead atoms. The Hall–Kier alpha value is -1.19. The molecule has 0 aliphatic carbocycles. The minimum atomic E-state index is 0.237. The number of hydrogen-bond donors (Lipinski definition) is 1. The second kappa shape index (κ2) is 4.98. The summed E-state index contributed by atoms with van der Waals surface area (Å²) >= 11 is 0. The zero-order chi connectivity index (χ0) is 12.3. The third kappa shape index (κ3) is 3.14. The number of carbonyl (C=O) groups excluding carboxylic acids is 1. The zero-order valence-electron chi connectivity index (χ0n) is 10.4. The van der Waals surface area contributed by atoms with Crippen LogP contribution in [0.1, 0.15) is 25.3 Å². The average molecular weight is 233 g/mol. The molecule has 0 saturated carbocycles. The third-order valence-corrected chi connectivity index (χ3v) is 3.76. The lowest BCUT2D eigenvalue weighted by Gasteiger charge is -2.38. The number of nitrogens with zero attached hydrogens (tertiary/aromatic N) is 1. The minimum absolute atomic E-state index is 0.237. The quantitative estimate of drug-likeness (QED) is 0.640. The van der Waals surface area contributed by atoms with Gasteiger partial charge >= 0.3 is 0 Å². The van der Waals surface area contributed by atoms with Gasteiger partial charge in [0.05, 0.1) is 13.1 Å². The number of nitrogens with two attached hydrogens (primary N) is 1. The fourth-order valence-corrected chi connectivity index (χ4v) is 2.59. The second-order valence-corrected chi connectivity index (χ2v) is 5.19. The van der Waals surface area contributed by atoms with E-state index in [4.69, 9.17) is 5.84 Å². The summed E-state index contributed by atoms with van der Waals surface area (Å²) in [7, 11) is 0. The SMILES string of the molecule is CC(=O)C1CC[N+](N)(Cc2ccccc2)CC1. The maximum absolute atomic E-state index is 11.3. The molecule has 92 valence electrons. The normalized spacial score (nSPS) is 28.9. The van der Waals surface area contributed by atoms with Crippen LogP contribution in [0.25, 0.3) is 0 Å². The van der Waals surface area contributed by atoms with Crippen LogP contribution >= 0.6 is 0 Å². The summed E-state index contributed by atoms with van der Waals surface area (Å²) in [6.45, 7) is 4.36. The summed E-state index contributed by atoms with van der Waals surface area (Å²) in [5.41, 5.74) is 1.27. The lowest BCUT2D eigenvalue weighted by Crippen LogP contribution is -2.58. The molecule has 1 fully saturated rings. The third-order valence-electron chi connectivity index (χ3n) is 3.76. The molecule has 0 aromatic heterocycles. The summed E-state index contributed by atoms with van der Waals surface area (Å²) in [5.74, 6) is 6.93. The van der Waals surface area contributed by atoms with E-state index in [0.717, 1.165) is 32.5 Å². The van der Waals surface area contributed by atoms with Crippen LogP contribution in [0.2, 0.25) is 0 Å². The summed E-state index contributed by atoms with van der Waals surface area (Å²) in [5, 5.41) is 0. The van der Waals surface area contributed by atoms with Crippen LogP contribution in [0.3, 0.4) is 0 Å². The molecular formula is C14H21N2O+. The molecule has 2 rings (SSSR count). The molecule has 17 heavy (non-hydrogen) atoms. The van der Waals surface area contributed by atoms with Gasteiger partial charge in [-0.2, -0.15) is 5.84 Å². The lowest BCUT2D eigenvalue weighted by molar-refractivity contribution is -0.957. The van der Waals surface area contributed by atoms with Gasteiger partial charge in [-0.15, -0.1) is 0 Å². The van der Waals surface area contributed by atoms with Gasteiger partial charge in [-0.25, -0.2) is 4.59 Å². The molecule has 0 amide bonds. The average Bonchev–Trinajstić information content (AvgIpc) is 2.30. The van der Waals surface area contributed by atoms with Gasteiger partial charge in [-0.3, -0.25) is 4.79 Å². The van der Waals surface area contributed by atoms with Gasteiger partial charge in [0.15, 0.2) is 0 Å². The van der Waals surface area contributed by atoms with E-state index in [9.17, 15) is 4.79 Å². The number of rotatable bonds is 3. The van der Waals surface area contributed by atoms with E-state index in [1.165, 1.54) is 5.56 Å². The molecule has 1 saturated heterocycles. The highest BCUT2D eigenvalue weighted by molar-refractivity contribution is 5.78. The van der Waals surface area contributed by atoms with Crippen molar-refractivity contribution in [2.24, 2.45) is 11.8 Å². The second-order valence-electron chi connectivity index (χ2n) is 5.19. The summed E-state index contributed by atoms with van der Waals surface area (Å²) in [4.78, 5) is 11.3. The van der Waals surface area contributed by atoms with Gasteiger partial charge < -0.3 is 0 Å². The Morgan fingerprint density at radius 2 is 1.88 bits per heavy atom. The van der Waals surface area contributed by atoms with Gasteiger partial charge in [0.2, 0.25) is 0 Å². The van der Waals surface area contributed by atoms with Crippen molar-refractivity contribution in [2.75, 3.05) is 13.1 Å². The first-order chi connectivity index (χ1) is 8.09. The molecule has 1 aliphatic heterocycles. The lowest BCUT2D eigenvalue weighted by atomic mass is 9.92. The number of quaternary nitrogens is 1. The van der Waals surface area contributed by atoms with Gasteiger partial charge in [0.25, 0.3) is 0 Å². The first-order valence-electron chi connectivity index (χ1n) is 6.28. The highest BCUT2D eigenvalue weighted by Crippen LogP contribution is 2.23. The van der Waals surface area contributed by atoms with E-state index < -0.39 is 0 Å². The van der Waals surface area contributed by atoms with Crippen molar-refractivity contribution in [3.8, 4) is 0 Å². The van der Waals surface area contributed by atoms with Crippen LogP contribution in [-0.4, -0.2) is 23.5 Å². The molecule has 1 aromatic rings.